The van der Waals surface area contributed by atoms with E-state index in [1.165, 1.54) is 0 Å². The number of amides is 1. The molecule has 1 aromatic rings. The Morgan fingerprint density at radius 3 is 2.15 bits per heavy atom. The number of hydrogen-bond donors (Lipinski definition) is 1. The zero-order valence-electron chi connectivity index (χ0n) is 20.5. The van der Waals surface area contributed by atoms with Gasteiger partial charge in [0.05, 0.1) is 11.1 Å². The van der Waals surface area contributed by atoms with Crippen LogP contribution in [0.5, 0.6) is 0 Å². The maximum atomic E-state index is 13.5. The number of carbonyl (C=O) groups is 1. The third-order valence-electron chi connectivity index (χ3n) is 7.52. The van der Waals surface area contributed by atoms with Crippen molar-refractivity contribution in [1.82, 2.24) is 4.90 Å². The Balaban J connectivity index is 2.04. The summed E-state index contributed by atoms with van der Waals surface area (Å²) in [5.41, 5.74) is -1.31. The first-order valence-corrected chi connectivity index (χ1v) is 12.0. The van der Waals surface area contributed by atoms with Gasteiger partial charge in [-0.2, -0.15) is 13.2 Å². The lowest BCUT2D eigenvalue weighted by Crippen LogP contribution is -2.63. The van der Waals surface area contributed by atoms with Crippen LogP contribution in [0.1, 0.15) is 90.2 Å². The van der Waals surface area contributed by atoms with Crippen LogP contribution in [0.4, 0.5) is 18.0 Å². The van der Waals surface area contributed by atoms with E-state index in [9.17, 15) is 23.1 Å². The normalized spacial score (nSPS) is 27.6. The largest absolute Gasteiger partial charge is 0.444 e. The van der Waals surface area contributed by atoms with E-state index in [2.05, 4.69) is 13.8 Å². The van der Waals surface area contributed by atoms with E-state index in [-0.39, 0.29) is 24.0 Å². The summed E-state index contributed by atoms with van der Waals surface area (Å²) in [6.07, 6.45) is -0.301. The molecule has 0 heterocycles. The lowest BCUT2D eigenvalue weighted by Gasteiger charge is -2.61. The molecule has 0 spiro atoms. The van der Waals surface area contributed by atoms with Crippen LogP contribution in [0.25, 0.3) is 0 Å². The van der Waals surface area contributed by atoms with Crippen molar-refractivity contribution in [2.75, 3.05) is 13.2 Å². The molecule has 3 aliphatic carbocycles. The van der Waals surface area contributed by atoms with Crippen molar-refractivity contribution in [2.45, 2.75) is 96.4 Å². The summed E-state index contributed by atoms with van der Waals surface area (Å²) in [5, 5.41) is 10.2. The molecule has 0 saturated heterocycles. The minimum Gasteiger partial charge on any atom is -0.444 e. The fraction of sp³-hybridized carbons (Fsp3) is 0.731. The van der Waals surface area contributed by atoms with E-state index in [1.54, 1.807) is 12.1 Å². The van der Waals surface area contributed by atoms with Gasteiger partial charge in [0.25, 0.3) is 0 Å². The van der Waals surface area contributed by atoms with Crippen LogP contribution in [0.15, 0.2) is 24.3 Å². The van der Waals surface area contributed by atoms with Gasteiger partial charge in [0.2, 0.25) is 0 Å². The number of nitrogens with zero attached hydrogens (tertiary/aromatic N) is 1. The number of ether oxygens (including phenoxy) is 1. The zero-order chi connectivity index (χ0) is 24.7. The van der Waals surface area contributed by atoms with Crippen molar-refractivity contribution in [1.29, 1.82) is 0 Å². The Morgan fingerprint density at radius 1 is 1.12 bits per heavy atom. The summed E-state index contributed by atoms with van der Waals surface area (Å²) in [6.45, 7) is 10.3. The maximum Gasteiger partial charge on any atom is 0.416 e. The van der Waals surface area contributed by atoms with Gasteiger partial charge in [0, 0.05) is 19.1 Å². The Kier molecular flexibility index (Phi) is 7.15. The van der Waals surface area contributed by atoms with Crippen LogP contribution in [-0.4, -0.2) is 40.4 Å². The molecule has 33 heavy (non-hydrogen) atoms. The minimum atomic E-state index is -4.39. The highest BCUT2D eigenvalue weighted by Crippen LogP contribution is 2.61. The molecule has 3 fully saturated rings. The lowest BCUT2D eigenvalue weighted by atomic mass is 9.51. The van der Waals surface area contributed by atoms with Crippen LogP contribution >= 0.6 is 0 Å². The number of aliphatic hydroxyl groups excluding tert-OH is 1. The highest BCUT2D eigenvalue weighted by molar-refractivity contribution is 5.70. The number of halogens is 3. The van der Waals surface area contributed by atoms with Crippen molar-refractivity contribution in [2.24, 2.45) is 11.3 Å². The van der Waals surface area contributed by atoms with Gasteiger partial charge < -0.3 is 14.7 Å². The van der Waals surface area contributed by atoms with Crippen LogP contribution in [0.3, 0.4) is 0 Å². The highest BCUT2D eigenvalue weighted by Gasteiger charge is 2.58. The van der Waals surface area contributed by atoms with Gasteiger partial charge in [-0.15, -0.1) is 0 Å². The van der Waals surface area contributed by atoms with Gasteiger partial charge in [0.1, 0.15) is 5.60 Å². The van der Waals surface area contributed by atoms with E-state index in [0.717, 1.165) is 37.0 Å². The number of fused-ring (bicyclic) bond motifs is 3. The summed E-state index contributed by atoms with van der Waals surface area (Å²) >= 11 is 0. The lowest BCUT2D eigenvalue weighted by molar-refractivity contribution is -0.137. The van der Waals surface area contributed by atoms with Crippen molar-refractivity contribution in [3.05, 3.63) is 35.4 Å². The van der Waals surface area contributed by atoms with Gasteiger partial charge in [0.15, 0.2) is 0 Å². The molecule has 7 heteroatoms. The molecule has 1 amide bonds. The van der Waals surface area contributed by atoms with Crippen molar-refractivity contribution >= 4 is 6.09 Å². The number of rotatable bonds is 6. The Morgan fingerprint density at radius 2 is 1.70 bits per heavy atom. The molecule has 1 atom stereocenters. The van der Waals surface area contributed by atoms with Gasteiger partial charge in [-0.05, 0) is 88.3 Å². The quantitative estimate of drug-likeness (QED) is 0.500. The molecule has 1 N–H and O–H groups in total. The second-order valence-electron chi connectivity index (χ2n) is 11.5. The van der Waals surface area contributed by atoms with Crippen LogP contribution in [-0.2, 0) is 10.9 Å². The third kappa shape index (κ3) is 5.50. The molecule has 3 aliphatic rings. The second-order valence-corrected chi connectivity index (χ2v) is 11.5. The Labute approximate surface area is 195 Å². The predicted molar refractivity (Wildman–Crippen MR) is 122 cm³/mol. The predicted octanol–water partition coefficient (Wildman–Crippen LogP) is 6.77. The summed E-state index contributed by atoms with van der Waals surface area (Å²) in [4.78, 5) is 15.3. The first kappa shape index (κ1) is 25.9. The molecule has 0 aromatic heterocycles. The monoisotopic (exact) mass is 469 g/mol. The molecule has 4 rings (SSSR count). The fourth-order valence-electron chi connectivity index (χ4n) is 5.60. The van der Waals surface area contributed by atoms with E-state index >= 15 is 0 Å². The molecular weight excluding hydrogens is 431 g/mol. The summed E-state index contributed by atoms with van der Waals surface area (Å²) in [5.74, 6) is 0.230. The molecule has 0 radical (unpaired) electrons. The summed E-state index contributed by atoms with van der Waals surface area (Å²) in [6, 6.07) is 5.36. The fourth-order valence-corrected chi connectivity index (χ4v) is 5.60. The van der Waals surface area contributed by atoms with Crippen LogP contribution in [0.2, 0.25) is 0 Å². The smallest absolute Gasteiger partial charge is 0.416 e. The molecule has 2 bridgehead atoms. The van der Waals surface area contributed by atoms with E-state index in [0.29, 0.717) is 31.7 Å². The molecule has 1 aromatic carbocycles. The summed E-state index contributed by atoms with van der Waals surface area (Å²) in [7, 11) is 0. The van der Waals surface area contributed by atoms with Crippen molar-refractivity contribution < 1.29 is 27.8 Å². The SMILES string of the molecule is CC(C)CCN(C(=O)OC(C)(C)C)C12CCC(CO)(CC1)CC2c1ccc(C(F)(F)F)cc1. The average Bonchev–Trinajstić information content (AvgIpc) is 2.72. The number of hydrogen-bond acceptors (Lipinski definition) is 3. The molecule has 4 nitrogen and oxygen atoms in total. The van der Waals surface area contributed by atoms with Gasteiger partial charge >= 0.3 is 12.3 Å². The number of benzene rings is 1. The summed E-state index contributed by atoms with van der Waals surface area (Å²) < 4.78 is 45.3. The van der Waals surface area contributed by atoms with Crippen molar-refractivity contribution in [3.63, 3.8) is 0 Å². The molecular formula is C26H38F3NO3. The highest BCUT2D eigenvalue weighted by atomic mass is 19.4. The molecule has 0 aliphatic heterocycles. The standard InChI is InChI=1S/C26H38F3NO3/c1-18(2)10-15-30(22(32)33-23(3,4)5)25-13-11-24(17-31,12-14-25)16-21(25)19-6-8-20(9-7-19)26(27,28)29/h6-9,18,21,31H,10-17H2,1-5H3. The Hall–Kier alpha value is -1.76. The average molecular weight is 470 g/mol. The topological polar surface area (TPSA) is 49.8 Å². The zero-order valence-corrected chi connectivity index (χ0v) is 20.5. The minimum absolute atomic E-state index is 0.0542. The number of carbonyl (C=O) groups excluding carboxylic acids is 1. The molecule has 3 saturated carbocycles. The maximum absolute atomic E-state index is 13.5. The first-order valence-electron chi connectivity index (χ1n) is 12.0. The number of aliphatic hydroxyl groups is 1. The Bertz CT molecular complexity index is 819. The van der Waals surface area contributed by atoms with E-state index < -0.39 is 22.9 Å². The van der Waals surface area contributed by atoms with Crippen LogP contribution in [0, 0.1) is 11.3 Å². The van der Waals surface area contributed by atoms with E-state index in [1.807, 2.05) is 25.7 Å². The van der Waals surface area contributed by atoms with Gasteiger partial charge in [-0.1, -0.05) is 26.0 Å². The van der Waals surface area contributed by atoms with Crippen molar-refractivity contribution in [3.8, 4) is 0 Å². The molecule has 186 valence electrons. The first-order chi connectivity index (χ1) is 15.2. The van der Waals surface area contributed by atoms with E-state index in [4.69, 9.17) is 4.74 Å². The molecule has 1 unspecified atom stereocenters. The number of alkyl halides is 3. The van der Waals surface area contributed by atoms with Gasteiger partial charge in [-0.3, -0.25) is 0 Å². The van der Waals surface area contributed by atoms with Crippen LogP contribution < -0.4 is 0 Å². The second kappa shape index (κ2) is 9.12. The van der Waals surface area contributed by atoms with Gasteiger partial charge in [-0.25, -0.2) is 4.79 Å². The third-order valence-corrected chi connectivity index (χ3v) is 7.52.